The summed E-state index contributed by atoms with van der Waals surface area (Å²) in [7, 11) is -2.93. The van der Waals surface area contributed by atoms with Gasteiger partial charge >= 0.3 is 10.1 Å². The van der Waals surface area contributed by atoms with Crippen LogP contribution in [0.5, 0.6) is 11.5 Å². The number of hydrogen-bond donors (Lipinski definition) is 1. The van der Waals surface area contributed by atoms with Gasteiger partial charge in [0.15, 0.2) is 5.75 Å². The average molecular weight is 448 g/mol. The van der Waals surface area contributed by atoms with E-state index >= 15 is 0 Å². The molecular formula is C19H16N2O7S2. The third kappa shape index (κ3) is 4.58. The van der Waals surface area contributed by atoms with Crippen molar-refractivity contribution in [1.82, 2.24) is 0 Å². The molecule has 30 heavy (non-hydrogen) atoms. The molecule has 0 aliphatic heterocycles. The molecule has 0 atom stereocenters. The smallest absolute Gasteiger partial charge is 0.339 e. The number of nitro benzene ring substituents is 1. The Morgan fingerprint density at radius 2 is 1.87 bits per heavy atom. The van der Waals surface area contributed by atoms with Gasteiger partial charge in [0.05, 0.1) is 17.7 Å². The van der Waals surface area contributed by atoms with E-state index in [4.69, 9.17) is 8.92 Å². The zero-order valence-corrected chi connectivity index (χ0v) is 17.5. The van der Waals surface area contributed by atoms with Gasteiger partial charge < -0.3 is 14.2 Å². The minimum Gasteiger partial charge on any atom is -0.495 e. The lowest BCUT2D eigenvalue weighted by molar-refractivity contribution is -0.384. The van der Waals surface area contributed by atoms with Gasteiger partial charge in [0, 0.05) is 29.5 Å². The molecule has 3 aromatic rings. The largest absolute Gasteiger partial charge is 0.495 e. The summed E-state index contributed by atoms with van der Waals surface area (Å²) in [5.74, 6) is -0.183. The van der Waals surface area contributed by atoms with E-state index in [-0.39, 0.29) is 33.3 Å². The first kappa shape index (κ1) is 21.3. The van der Waals surface area contributed by atoms with Gasteiger partial charge in [-0.15, -0.1) is 11.3 Å². The summed E-state index contributed by atoms with van der Waals surface area (Å²) in [4.78, 5) is 22.3. The molecule has 1 amide bonds. The number of carbonyl (C=O) groups is 1. The van der Waals surface area contributed by atoms with Gasteiger partial charge in [-0.1, -0.05) is 6.07 Å². The molecule has 3 rings (SSSR count). The van der Waals surface area contributed by atoms with Crippen LogP contribution < -0.4 is 14.2 Å². The molecule has 0 bridgehead atoms. The second-order valence-corrected chi connectivity index (χ2v) is 8.49. The number of nitrogens with one attached hydrogen (secondary N) is 1. The van der Waals surface area contributed by atoms with Crippen LogP contribution in [0.25, 0.3) is 10.4 Å². The minimum absolute atomic E-state index is 0.0556. The van der Waals surface area contributed by atoms with Gasteiger partial charge in [-0.3, -0.25) is 14.9 Å². The summed E-state index contributed by atoms with van der Waals surface area (Å²) in [6.07, 6.45) is 0. The third-order valence-electron chi connectivity index (χ3n) is 3.93. The Kier molecular flexibility index (Phi) is 6.04. The van der Waals surface area contributed by atoms with Crippen LogP contribution in [-0.4, -0.2) is 26.4 Å². The number of rotatable bonds is 7. The molecule has 1 heterocycles. The number of thiophene rings is 1. The summed E-state index contributed by atoms with van der Waals surface area (Å²) in [6, 6.07) is 11.0. The fourth-order valence-corrected chi connectivity index (χ4v) is 4.35. The lowest BCUT2D eigenvalue weighted by atomic mass is 10.1. The van der Waals surface area contributed by atoms with Gasteiger partial charge in [-0.25, -0.2) is 0 Å². The Labute approximate surface area is 176 Å². The molecule has 0 saturated heterocycles. The number of nitro groups is 1. The molecule has 0 saturated carbocycles. The van der Waals surface area contributed by atoms with Crippen molar-refractivity contribution >= 4 is 38.7 Å². The molecule has 0 aliphatic carbocycles. The highest BCUT2D eigenvalue weighted by molar-refractivity contribution is 7.87. The Balaban J connectivity index is 2.03. The molecule has 2 aromatic carbocycles. The van der Waals surface area contributed by atoms with Gasteiger partial charge in [0.25, 0.3) is 5.69 Å². The summed E-state index contributed by atoms with van der Waals surface area (Å²) in [5.41, 5.74) is 0.246. The molecule has 1 N–H and O–H groups in total. The highest BCUT2D eigenvalue weighted by Crippen LogP contribution is 2.38. The molecule has 0 aliphatic rings. The van der Waals surface area contributed by atoms with Crippen molar-refractivity contribution in [2.45, 2.75) is 11.8 Å². The fraction of sp³-hybridized carbons (Fsp3) is 0.105. The van der Waals surface area contributed by atoms with Crippen molar-refractivity contribution in [3.05, 3.63) is 64.0 Å². The van der Waals surface area contributed by atoms with Crippen LogP contribution in [0.1, 0.15) is 6.92 Å². The van der Waals surface area contributed by atoms with Gasteiger partial charge in [-0.2, -0.15) is 8.42 Å². The van der Waals surface area contributed by atoms with Crippen molar-refractivity contribution in [2.24, 2.45) is 0 Å². The molecule has 9 nitrogen and oxygen atoms in total. The summed E-state index contributed by atoms with van der Waals surface area (Å²) in [5, 5.41) is 15.4. The molecule has 1 aromatic heterocycles. The zero-order chi connectivity index (χ0) is 21.9. The quantitative estimate of drug-likeness (QED) is 0.328. The maximum Gasteiger partial charge on any atom is 0.339 e. The van der Waals surface area contributed by atoms with Crippen molar-refractivity contribution in [2.75, 3.05) is 12.4 Å². The highest BCUT2D eigenvalue weighted by atomic mass is 32.2. The lowest BCUT2D eigenvalue weighted by Crippen LogP contribution is -2.12. The first-order valence-corrected chi connectivity index (χ1v) is 10.7. The van der Waals surface area contributed by atoms with Gasteiger partial charge in [0.1, 0.15) is 10.6 Å². The average Bonchev–Trinajstić information content (AvgIpc) is 3.22. The second kappa shape index (κ2) is 8.51. The minimum atomic E-state index is -4.32. The van der Waals surface area contributed by atoms with E-state index in [2.05, 4.69) is 5.32 Å². The maximum atomic E-state index is 12.9. The number of anilines is 1. The van der Waals surface area contributed by atoms with Crippen molar-refractivity contribution in [1.29, 1.82) is 0 Å². The molecule has 0 spiro atoms. The molecular weight excluding hydrogens is 432 g/mol. The zero-order valence-electron chi connectivity index (χ0n) is 15.8. The number of nitrogens with zero attached hydrogens (tertiary/aromatic N) is 1. The first-order valence-electron chi connectivity index (χ1n) is 8.43. The Bertz CT molecular complexity index is 1210. The fourth-order valence-electron chi connectivity index (χ4n) is 2.62. The molecule has 156 valence electrons. The van der Waals surface area contributed by atoms with Crippen LogP contribution in [0, 0.1) is 10.1 Å². The van der Waals surface area contributed by atoms with Crippen LogP contribution in [0.2, 0.25) is 0 Å². The monoisotopic (exact) mass is 448 g/mol. The number of methoxy groups -OCH3 is 1. The molecule has 0 unspecified atom stereocenters. The summed E-state index contributed by atoms with van der Waals surface area (Å²) in [6.45, 7) is 1.28. The van der Waals surface area contributed by atoms with Crippen molar-refractivity contribution < 1.29 is 27.1 Å². The van der Waals surface area contributed by atoms with Crippen LogP contribution in [-0.2, 0) is 14.9 Å². The Morgan fingerprint density at radius 3 is 2.47 bits per heavy atom. The standard InChI is InChI=1S/C19H16N2O7S2/c1-12(22)20-16-11-14(6-8-18(16)27-2)30(25,26)28-17-7-5-13(21(23)24)10-15(17)19-4-3-9-29-19/h3-11H,1-2H3,(H,20,22). The van der Waals surface area contributed by atoms with Crippen LogP contribution in [0.4, 0.5) is 11.4 Å². The number of ether oxygens (including phenoxy) is 1. The van der Waals surface area contributed by atoms with Gasteiger partial charge in [-0.05, 0) is 35.7 Å². The van der Waals surface area contributed by atoms with E-state index in [9.17, 15) is 23.3 Å². The molecule has 11 heteroatoms. The number of hydrogen-bond acceptors (Lipinski definition) is 8. The number of carbonyl (C=O) groups excluding carboxylic acids is 1. The summed E-state index contributed by atoms with van der Waals surface area (Å²) >= 11 is 1.29. The number of benzene rings is 2. The van der Waals surface area contributed by atoms with E-state index in [1.807, 2.05) is 0 Å². The van der Waals surface area contributed by atoms with Crippen molar-refractivity contribution in [3.8, 4) is 21.9 Å². The predicted molar refractivity (Wildman–Crippen MR) is 112 cm³/mol. The lowest BCUT2D eigenvalue weighted by Gasteiger charge is -2.13. The van der Waals surface area contributed by atoms with Crippen LogP contribution >= 0.6 is 11.3 Å². The maximum absolute atomic E-state index is 12.9. The normalized spacial score (nSPS) is 11.0. The van der Waals surface area contributed by atoms with E-state index < -0.39 is 20.9 Å². The molecule has 0 radical (unpaired) electrons. The van der Waals surface area contributed by atoms with Gasteiger partial charge in [0.2, 0.25) is 5.91 Å². The van der Waals surface area contributed by atoms with Crippen LogP contribution in [0.3, 0.4) is 0 Å². The Morgan fingerprint density at radius 1 is 1.13 bits per heavy atom. The topological polar surface area (TPSA) is 125 Å². The number of amides is 1. The van der Waals surface area contributed by atoms with E-state index in [0.717, 1.165) is 0 Å². The number of non-ortho nitro benzene ring substituents is 1. The van der Waals surface area contributed by atoms with E-state index in [0.29, 0.717) is 4.88 Å². The Hall–Kier alpha value is -3.44. The third-order valence-corrected chi connectivity index (χ3v) is 6.06. The predicted octanol–water partition coefficient (Wildman–Crippen LogP) is 4.06. The van der Waals surface area contributed by atoms with Crippen molar-refractivity contribution in [3.63, 3.8) is 0 Å². The van der Waals surface area contributed by atoms with E-state index in [1.165, 1.54) is 61.8 Å². The second-order valence-electron chi connectivity index (χ2n) is 6.00. The first-order chi connectivity index (χ1) is 14.2. The van der Waals surface area contributed by atoms with E-state index in [1.54, 1.807) is 17.5 Å². The van der Waals surface area contributed by atoms with Crippen LogP contribution in [0.15, 0.2) is 58.8 Å². The highest BCUT2D eigenvalue weighted by Gasteiger charge is 2.23. The SMILES string of the molecule is COc1ccc(S(=O)(=O)Oc2ccc([N+](=O)[O-])cc2-c2cccs2)cc1NC(C)=O. The summed E-state index contributed by atoms with van der Waals surface area (Å²) < 4.78 is 36.2. The molecule has 0 fully saturated rings.